The van der Waals surface area contributed by atoms with E-state index in [1.807, 2.05) is 0 Å². The number of alkyl halides is 3. The Morgan fingerprint density at radius 3 is 2.38 bits per heavy atom. The van der Waals surface area contributed by atoms with E-state index in [1.54, 1.807) is 26.0 Å². The van der Waals surface area contributed by atoms with Crippen molar-refractivity contribution in [2.24, 2.45) is 0 Å². The van der Waals surface area contributed by atoms with Crippen molar-refractivity contribution in [3.8, 4) is 0 Å². The van der Waals surface area contributed by atoms with Gasteiger partial charge in [0.1, 0.15) is 4.90 Å². The summed E-state index contributed by atoms with van der Waals surface area (Å²) in [4.78, 5) is 0.148. The van der Waals surface area contributed by atoms with Gasteiger partial charge in [0.15, 0.2) is 5.69 Å². The molecule has 0 amide bonds. The van der Waals surface area contributed by atoms with E-state index in [4.69, 9.17) is 0 Å². The molecule has 0 saturated heterocycles. The molecule has 1 aromatic heterocycles. The Kier molecular flexibility index (Phi) is 3.70. The standard InChI is InChI=1S/C12H11F3N2O3S/c1-8-3-4-10(9(2)7-8)21(18,19)20-17-6-5-11(16-17)12(13,14)15/h3-7H,1-2H3. The summed E-state index contributed by atoms with van der Waals surface area (Å²) in [7, 11) is -4.26. The zero-order valence-corrected chi connectivity index (χ0v) is 11.9. The first-order valence-corrected chi connectivity index (χ1v) is 7.15. The first-order valence-electron chi connectivity index (χ1n) is 5.75. The number of aromatic nitrogens is 2. The lowest BCUT2D eigenvalue weighted by atomic mass is 10.2. The Balaban J connectivity index is 2.31. The number of hydrogen-bond acceptors (Lipinski definition) is 4. The highest BCUT2D eigenvalue weighted by Crippen LogP contribution is 2.27. The SMILES string of the molecule is Cc1ccc(S(=O)(=O)On2ccc(C(F)(F)F)n2)c(C)c1. The van der Waals surface area contributed by atoms with E-state index in [1.165, 1.54) is 6.07 Å². The van der Waals surface area contributed by atoms with Gasteiger partial charge in [-0.3, -0.25) is 4.28 Å². The molecule has 0 bridgehead atoms. The molecule has 0 aliphatic rings. The van der Waals surface area contributed by atoms with Crippen molar-refractivity contribution in [3.63, 3.8) is 0 Å². The van der Waals surface area contributed by atoms with Gasteiger partial charge < -0.3 is 0 Å². The summed E-state index contributed by atoms with van der Waals surface area (Å²) in [5, 5.41) is 3.03. The number of benzene rings is 1. The van der Waals surface area contributed by atoms with Crippen LogP contribution in [0.15, 0.2) is 35.4 Å². The minimum absolute atomic E-state index is 0.128. The number of nitrogens with zero attached hydrogens (tertiary/aromatic N) is 2. The smallest absolute Gasteiger partial charge is 0.266 e. The molecule has 0 aliphatic carbocycles. The van der Waals surface area contributed by atoms with Gasteiger partial charge in [0.05, 0.1) is 6.20 Å². The van der Waals surface area contributed by atoms with E-state index in [-0.39, 0.29) is 9.74 Å². The van der Waals surface area contributed by atoms with Gasteiger partial charge >= 0.3 is 16.3 Å². The molecule has 1 heterocycles. The van der Waals surface area contributed by atoms with Crippen molar-refractivity contribution in [2.75, 3.05) is 0 Å². The average molecular weight is 320 g/mol. The van der Waals surface area contributed by atoms with Crippen LogP contribution in [0.2, 0.25) is 0 Å². The van der Waals surface area contributed by atoms with E-state index in [9.17, 15) is 21.6 Å². The Hall–Kier alpha value is -2.03. The summed E-state index contributed by atoms with van der Waals surface area (Å²) in [6.45, 7) is 3.35. The second-order valence-electron chi connectivity index (χ2n) is 4.40. The van der Waals surface area contributed by atoms with Crippen LogP contribution >= 0.6 is 0 Å². The molecule has 5 nitrogen and oxygen atoms in total. The maximum Gasteiger partial charge on any atom is 0.435 e. The topological polar surface area (TPSA) is 61.2 Å². The summed E-state index contributed by atoms with van der Waals surface area (Å²) in [6.07, 6.45) is -3.89. The minimum atomic E-state index is -4.67. The Morgan fingerprint density at radius 2 is 1.86 bits per heavy atom. The molecule has 0 aliphatic heterocycles. The maximum absolute atomic E-state index is 12.4. The van der Waals surface area contributed by atoms with Crippen molar-refractivity contribution in [3.05, 3.63) is 47.3 Å². The zero-order valence-electron chi connectivity index (χ0n) is 11.0. The molecule has 0 spiro atoms. The van der Waals surface area contributed by atoms with Crippen LogP contribution in [-0.4, -0.2) is 18.4 Å². The maximum atomic E-state index is 12.4. The molecule has 1 aromatic carbocycles. The van der Waals surface area contributed by atoms with Crippen LogP contribution in [0.4, 0.5) is 13.2 Å². The quantitative estimate of drug-likeness (QED) is 0.871. The first kappa shape index (κ1) is 15.4. The highest BCUT2D eigenvalue weighted by molar-refractivity contribution is 7.87. The first-order chi connectivity index (χ1) is 9.59. The zero-order chi connectivity index (χ0) is 15.8. The summed E-state index contributed by atoms with van der Waals surface area (Å²) >= 11 is 0. The molecule has 9 heteroatoms. The van der Waals surface area contributed by atoms with Gasteiger partial charge in [0.25, 0.3) is 0 Å². The predicted molar refractivity (Wildman–Crippen MR) is 66.9 cm³/mol. The molecule has 114 valence electrons. The van der Waals surface area contributed by atoms with Gasteiger partial charge in [-0.2, -0.15) is 21.6 Å². The molecule has 0 saturated carbocycles. The number of rotatable bonds is 3. The lowest BCUT2D eigenvalue weighted by Crippen LogP contribution is -2.22. The van der Waals surface area contributed by atoms with Gasteiger partial charge in [-0.1, -0.05) is 22.5 Å². The largest absolute Gasteiger partial charge is 0.435 e. The van der Waals surface area contributed by atoms with Crippen LogP contribution in [0.25, 0.3) is 0 Å². The van der Waals surface area contributed by atoms with Crippen molar-refractivity contribution < 1.29 is 25.9 Å². The van der Waals surface area contributed by atoms with Crippen molar-refractivity contribution in [2.45, 2.75) is 24.9 Å². The van der Waals surface area contributed by atoms with Gasteiger partial charge in [-0.15, -0.1) is 5.10 Å². The molecule has 21 heavy (non-hydrogen) atoms. The third-order valence-electron chi connectivity index (χ3n) is 2.63. The lowest BCUT2D eigenvalue weighted by molar-refractivity contribution is -0.142. The molecule has 0 N–H and O–H groups in total. The molecule has 2 aromatic rings. The fraction of sp³-hybridized carbons (Fsp3) is 0.250. The Bertz CT molecular complexity index is 766. The van der Waals surface area contributed by atoms with Crippen molar-refractivity contribution in [1.82, 2.24) is 9.94 Å². The summed E-state index contributed by atoms with van der Waals surface area (Å²) in [5.74, 6) is 0. The molecule has 2 rings (SSSR count). The van der Waals surface area contributed by atoms with E-state index >= 15 is 0 Å². The van der Waals surface area contributed by atoms with Crippen LogP contribution < -0.4 is 4.28 Å². The summed E-state index contributed by atoms with van der Waals surface area (Å²) in [5.41, 5.74) is 0.0430. The fourth-order valence-electron chi connectivity index (χ4n) is 1.72. The molecule has 0 fully saturated rings. The van der Waals surface area contributed by atoms with Gasteiger partial charge in [0.2, 0.25) is 0 Å². The van der Waals surface area contributed by atoms with E-state index < -0.39 is 22.0 Å². The molecular weight excluding hydrogens is 309 g/mol. The van der Waals surface area contributed by atoms with Gasteiger partial charge in [0, 0.05) is 0 Å². The van der Waals surface area contributed by atoms with Crippen molar-refractivity contribution in [1.29, 1.82) is 0 Å². The third-order valence-corrected chi connectivity index (χ3v) is 3.98. The van der Waals surface area contributed by atoms with Crippen LogP contribution in [0.5, 0.6) is 0 Å². The molecule has 0 unspecified atom stereocenters. The number of halogens is 3. The Labute approximate surface area is 119 Å². The third kappa shape index (κ3) is 3.35. The number of aryl methyl sites for hydroxylation is 2. The van der Waals surface area contributed by atoms with Crippen LogP contribution in [0.1, 0.15) is 16.8 Å². The van der Waals surface area contributed by atoms with Gasteiger partial charge in [-0.25, -0.2) is 0 Å². The molecule has 0 radical (unpaired) electrons. The molecular formula is C12H11F3N2O3S. The number of hydrogen-bond donors (Lipinski definition) is 0. The summed E-state index contributed by atoms with van der Waals surface area (Å²) in [6, 6.07) is 5.14. The normalized spacial score (nSPS) is 12.4. The van der Waals surface area contributed by atoms with E-state index in [0.717, 1.165) is 11.8 Å². The highest BCUT2D eigenvalue weighted by atomic mass is 32.2. The average Bonchev–Trinajstić information content (AvgIpc) is 2.75. The van der Waals surface area contributed by atoms with Crippen LogP contribution in [-0.2, 0) is 16.3 Å². The second-order valence-corrected chi connectivity index (χ2v) is 5.90. The van der Waals surface area contributed by atoms with Crippen molar-refractivity contribution >= 4 is 10.1 Å². The van der Waals surface area contributed by atoms with E-state index in [2.05, 4.69) is 9.38 Å². The molecule has 0 atom stereocenters. The van der Waals surface area contributed by atoms with Crippen LogP contribution in [0.3, 0.4) is 0 Å². The minimum Gasteiger partial charge on any atom is -0.266 e. The van der Waals surface area contributed by atoms with Crippen LogP contribution in [0, 0.1) is 13.8 Å². The second kappa shape index (κ2) is 5.06. The highest BCUT2D eigenvalue weighted by Gasteiger charge is 2.34. The lowest BCUT2D eigenvalue weighted by Gasteiger charge is -2.09. The predicted octanol–water partition coefficient (Wildman–Crippen LogP) is 2.34. The van der Waals surface area contributed by atoms with Gasteiger partial charge in [-0.05, 0) is 31.5 Å². The monoisotopic (exact) mass is 320 g/mol. The van der Waals surface area contributed by atoms with E-state index in [0.29, 0.717) is 11.6 Å². The Morgan fingerprint density at radius 1 is 1.19 bits per heavy atom. The fourth-order valence-corrected chi connectivity index (χ4v) is 2.77. The summed E-state index contributed by atoms with van der Waals surface area (Å²) < 4.78 is 65.8.